The first-order valence-electron chi connectivity index (χ1n) is 16.7. The molecular formula is C38H36F5N5O3S. The van der Waals surface area contributed by atoms with Gasteiger partial charge in [0.1, 0.15) is 28.1 Å². The van der Waals surface area contributed by atoms with Crippen molar-refractivity contribution in [3.63, 3.8) is 0 Å². The van der Waals surface area contributed by atoms with Crippen LogP contribution in [0.4, 0.5) is 49.5 Å². The third-order valence-corrected chi connectivity index (χ3v) is 10.4. The van der Waals surface area contributed by atoms with Gasteiger partial charge in [-0.3, -0.25) is 0 Å². The van der Waals surface area contributed by atoms with Crippen LogP contribution in [-0.2, 0) is 5.41 Å². The van der Waals surface area contributed by atoms with Gasteiger partial charge in [0.2, 0.25) is 0 Å². The van der Waals surface area contributed by atoms with Gasteiger partial charge in [-0.25, -0.2) is 18.6 Å². The second kappa shape index (κ2) is 13.2. The number of phenolic OH excluding ortho intramolecular Hbond substituents is 1. The van der Waals surface area contributed by atoms with Crippen LogP contribution < -0.4 is 20.3 Å². The third kappa shape index (κ3) is 7.22. The summed E-state index contributed by atoms with van der Waals surface area (Å²) in [5, 5.41) is 17.4. The van der Waals surface area contributed by atoms with Gasteiger partial charge in [-0.2, -0.15) is 0 Å². The Labute approximate surface area is 300 Å². The van der Waals surface area contributed by atoms with Gasteiger partial charge in [0.05, 0.1) is 32.8 Å². The van der Waals surface area contributed by atoms with E-state index in [2.05, 4.69) is 41.0 Å². The molecule has 8 nitrogen and oxygen atoms in total. The summed E-state index contributed by atoms with van der Waals surface area (Å²) in [6, 6.07) is 16.4. The number of nitrogens with one attached hydrogen (secondary N) is 2. The fourth-order valence-electron chi connectivity index (χ4n) is 7.35. The molecule has 272 valence electrons. The minimum absolute atomic E-state index is 0.0694. The lowest BCUT2D eigenvalue weighted by molar-refractivity contribution is -0.274. The number of carbonyl (C=O) groups excluding carboxylic acids is 1. The monoisotopic (exact) mass is 737 g/mol. The number of benzene rings is 4. The first-order valence-corrected chi connectivity index (χ1v) is 17.5. The van der Waals surface area contributed by atoms with Gasteiger partial charge < -0.3 is 30.3 Å². The predicted octanol–water partition coefficient (Wildman–Crippen LogP) is 10.0. The average molecular weight is 738 g/mol. The zero-order chi connectivity index (χ0) is 37.0. The lowest BCUT2D eigenvalue weighted by Gasteiger charge is -2.42. The molecule has 0 unspecified atom stereocenters. The fourth-order valence-corrected chi connectivity index (χ4v) is 8.40. The molecule has 2 aliphatic rings. The first kappa shape index (κ1) is 35.5. The van der Waals surface area contributed by atoms with Crippen LogP contribution in [0, 0.1) is 17.0 Å². The molecule has 7 rings (SSSR count). The van der Waals surface area contributed by atoms with Crippen LogP contribution in [0.1, 0.15) is 39.2 Å². The highest BCUT2D eigenvalue weighted by Gasteiger charge is 2.50. The summed E-state index contributed by atoms with van der Waals surface area (Å²) in [5.74, 6) is -1.75. The number of amides is 2. The first-order chi connectivity index (χ1) is 24.6. The van der Waals surface area contributed by atoms with Crippen molar-refractivity contribution in [2.45, 2.75) is 45.4 Å². The normalized spacial score (nSPS) is 16.0. The zero-order valence-corrected chi connectivity index (χ0v) is 29.4. The molecule has 3 heterocycles. The number of alkyl halides is 3. The van der Waals surface area contributed by atoms with Gasteiger partial charge in [0.15, 0.2) is 0 Å². The van der Waals surface area contributed by atoms with E-state index in [0.717, 1.165) is 37.8 Å². The molecule has 5 aromatic rings. The number of piperidine rings is 1. The van der Waals surface area contributed by atoms with Gasteiger partial charge in [0, 0.05) is 35.8 Å². The number of carbonyl (C=O) groups is 1. The largest absolute Gasteiger partial charge is 0.573 e. The molecule has 0 saturated carbocycles. The molecule has 1 aromatic heterocycles. The van der Waals surface area contributed by atoms with E-state index >= 15 is 4.39 Å². The Morgan fingerprint density at radius 2 is 1.69 bits per heavy atom. The van der Waals surface area contributed by atoms with Crippen LogP contribution in [0.15, 0.2) is 72.8 Å². The number of halogens is 5. The van der Waals surface area contributed by atoms with Crippen LogP contribution in [0.5, 0.6) is 11.5 Å². The average Bonchev–Trinajstić information content (AvgIpc) is 3.61. The SMILES string of the molecule is CC(C)(C)CN1CCC2(CC1)CN(c1ccccc1NC(=O)Nc1ccc(OC(F)(F)F)cc1)c1c(O)cc(F)c(-c3nc4ccc(F)cc4s3)c12. The Hall–Kier alpha value is -4.95. The smallest absolute Gasteiger partial charge is 0.506 e. The predicted molar refractivity (Wildman–Crippen MR) is 193 cm³/mol. The van der Waals surface area contributed by atoms with Gasteiger partial charge in [0.25, 0.3) is 0 Å². The van der Waals surface area contributed by atoms with E-state index in [9.17, 15) is 27.5 Å². The van der Waals surface area contributed by atoms with Gasteiger partial charge in [-0.05, 0) is 85.9 Å². The molecule has 0 atom stereocenters. The zero-order valence-electron chi connectivity index (χ0n) is 28.6. The topological polar surface area (TPSA) is 90.0 Å². The van der Waals surface area contributed by atoms with E-state index in [1.54, 1.807) is 30.3 Å². The minimum Gasteiger partial charge on any atom is -0.506 e. The van der Waals surface area contributed by atoms with Crippen LogP contribution in [-0.4, -0.2) is 53.6 Å². The number of fused-ring (bicyclic) bond motifs is 3. The van der Waals surface area contributed by atoms with E-state index in [1.165, 1.54) is 35.6 Å². The van der Waals surface area contributed by atoms with E-state index in [0.29, 0.717) is 57.2 Å². The second-order valence-corrected chi connectivity index (χ2v) is 15.5. The number of ether oxygens (including phenoxy) is 1. The molecule has 3 N–H and O–H groups in total. The molecular weight excluding hydrogens is 702 g/mol. The Morgan fingerprint density at radius 1 is 0.981 bits per heavy atom. The maximum absolute atomic E-state index is 16.3. The van der Waals surface area contributed by atoms with Crippen molar-refractivity contribution < 1.29 is 36.6 Å². The molecule has 14 heteroatoms. The molecule has 0 bridgehead atoms. The van der Waals surface area contributed by atoms with Crippen molar-refractivity contribution in [1.82, 2.24) is 9.88 Å². The molecule has 4 aromatic carbocycles. The molecule has 2 aliphatic heterocycles. The third-order valence-electron chi connectivity index (χ3n) is 9.36. The van der Waals surface area contributed by atoms with Crippen molar-refractivity contribution in [3.8, 4) is 22.1 Å². The lowest BCUT2D eigenvalue weighted by atomic mass is 9.72. The Balaban J connectivity index is 1.26. The molecule has 1 saturated heterocycles. The molecule has 0 aliphatic carbocycles. The van der Waals surface area contributed by atoms with E-state index in [-0.39, 0.29) is 22.4 Å². The van der Waals surface area contributed by atoms with Crippen LogP contribution in [0.3, 0.4) is 0 Å². The van der Waals surface area contributed by atoms with Crippen molar-refractivity contribution in [2.75, 3.05) is 41.7 Å². The summed E-state index contributed by atoms with van der Waals surface area (Å²) in [7, 11) is 0. The maximum Gasteiger partial charge on any atom is 0.573 e. The van der Waals surface area contributed by atoms with E-state index in [4.69, 9.17) is 4.98 Å². The maximum atomic E-state index is 16.3. The molecule has 2 amide bonds. The molecule has 1 spiro atoms. The van der Waals surface area contributed by atoms with Gasteiger partial charge >= 0.3 is 12.4 Å². The number of hydrogen-bond donors (Lipinski definition) is 3. The molecule has 52 heavy (non-hydrogen) atoms. The summed E-state index contributed by atoms with van der Waals surface area (Å²) < 4.78 is 72.8. The summed E-state index contributed by atoms with van der Waals surface area (Å²) in [4.78, 5) is 22.2. The second-order valence-electron chi connectivity index (χ2n) is 14.5. The quantitative estimate of drug-likeness (QED) is 0.150. The summed E-state index contributed by atoms with van der Waals surface area (Å²) in [6.07, 6.45) is -3.53. The van der Waals surface area contributed by atoms with Gasteiger partial charge in [-0.1, -0.05) is 32.9 Å². The highest BCUT2D eigenvalue weighted by molar-refractivity contribution is 7.21. The highest BCUT2D eigenvalue weighted by Crippen LogP contribution is 2.58. The number of phenols is 1. The summed E-state index contributed by atoms with van der Waals surface area (Å²) in [6.45, 7) is 9.28. The van der Waals surface area contributed by atoms with E-state index in [1.807, 2.05) is 4.90 Å². The molecule has 1 fully saturated rings. The molecule has 0 radical (unpaired) electrons. The van der Waals surface area contributed by atoms with Crippen LogP contribution in [0.25, 0.3) is 20.8 Å². The Bertz CT molecular complexity index is 2140. The van der Waals surface area contributed by atoms with Crippen molar-refractivity contribution in [3.05, 3.63) is 90.0 Å². The number of aromatic hydroxyl groups is 1. The number of likely N-dealkylation sites (tertiary alicyclic amines) is 1. The number of rotatable bonds is 6. The minimum atomic E-state index is -4.85. The number of aromatic nitrogens is 1. The van der Waals surface area contributed by atoms with E-state index < -0.39 is 35.2 Å². The number of thiazole rings is 1. The van der Waals surface area contributed by atoms with Crippen LogP contribution >= 0.6 is 11.3 Å². The Kier molecular flexibility index (Phi) is 9.02. The fraction of sp³-hybridized carbons (Fsp3) is 0.316. The number of hydrogen-bond acceptors (Lipinski definition) is 7. The number of nitrogens with zero attached hydrogens (tertiary/aromatic N) is 3. The standard InChI is InChI=1S/C38H36F5N5O3S/c1-36(2,3)20-47-16-14-37(15-17-47)21-48(33-29(49)19-25(40)31(32(33)37)34-45-27-13-8-22(39)18-30(27)52-34)28-7-5-4-6-26(28)46-35(50)44-23-9-11-24(12-10-23)51-38(41,42)43/h4-13,18-19,49H,14-17,20-21H2,1-3H3,(H2,44,46,50). The highest BCUT2D eigenvalue weighted by atomic mass is 32.1. The van der Waals surface area contributed by atoms with Gasteiger partial charge in [-0.15, -0.1) is 24.5 Å². The van der Waals surface area contributed by atoms with Crippen LogP contribution in [0.2, 0.25) is 0 Å². The lowest BCUT2D eigenvalue weighted by Crippen LogP contribution is -2.47. The van der Waals surface area contributed by atoms with Crippen molar-refractivity contribution in [1.29, 1.82) is 0 Å². The van der Waals surface area contributed by atoms with Crippen molar-refractivity contribution in [2.24, 2.45) is 5.41 Å². The summed E-state index contributed by atoms with van der Waals surface area (Å²) in [5.41, 5.74) is 2.44. The number of anilines is 4. The number of para-hydroxylation sites is 2. The summed E-state index contributed by atoms with van der Waals surface area (Å²) >= 11 is 1.19. The Morgan fingerprint density at radius 3 is 2.38 bits per heavy atom. The van der Waals surface area contributed by atoms with Crippen molar-refractivity contribution >= 4 is 50.3 Å². The number of urea groups is 1.